The van der Waals surface area contributed by atoms with Crippen LogP contribution in [0.2, 0.25) is 0 Å². The van der Waals surface area contributed by atoms with Crippen molar-refractivity contribution in [3.05, 3.63) is 191 Å². The van der Waals surface area contributed by atoms with Crippen LogP contribution < -0.4 is 25.4 Å². The highest BCUT2D eigenvalue weighted by Crippen LogP contribution is 2.32. The van der Waals surface area contributed by atoms with Gasteiger partial charge in [0.1, 0.15) is 31.3 Å². The Morgan fingerprint density at radius 3 is 1.42 bits per heavy atom. The summed E-state index contributed by atoms with van der Waals surface area (Å²) in [5, 5.41) is 31.5. The standard InChI is InChI=1S/C54H60N4O8/c59-39-56-48-32-46(26-28-52(48)64-36-43-16-4-1-5-17-43)50(61)34-58(35-51(62)47-27-29-53(49(33-47)57-40-60)65-37-44-18-6-2-7-19-44)31-13-11-15-42-24-22-41(23-25-42)14-10-12-30-55-54(63)66-38-45-20-8-3-9-21-45/h1-9,16-29,32-33,39-40,50-51,61-62H,10-15,30-31,34-38H2,(H,55,63)(H,56,59)(H,57,60). The molecule has 0 aliphatic carbocycles. The summed E-state index contributed by atoms with van der Waals surface area (Å²) in [6.45, 7) is 2.43. The number of unbranched alkanes of at least 4 members (excludes halogenated alkanes) is 2. The first-order valence-corrected chi connectivity index (χ1v) is 22.5. The quantitative estimate of drug-likeness (QED) is 0.0239. The monoisotopic (exact) mass is 892 g/mol. The minimum Gasteiger partial charge on any atom is -0.487 e. The van der Waals surface area contributed by atoms with Gasteiger partial charge < -0.3 is 40.4 Å². The van der Waals surface area contributed by atoms with Gasteiger partial charge in [-0.3, -0.25) is 14.5 Å². The van der Waals surface area contributed by atoms with E-state index in [4.69, 9.17) is 14.2 Å². The Balaban J connectivity index is 1.04. The highest BCUT2D eigenvalue weighted by molar-refractivity contribution is 5.76. The van der Waals surface area contributed by atoms with E-state index in [0.717, 1.165) is 55.2 Å². The summed E-state index contributed by atoms with van der Waals surface area (Å²) >= 11 is 0. The van der Waals surface area contributed by atoms with Crippen molar-refractivity contribution in [2.75, 3.05) is 36.8 Å². The Labute approximate surface area is 387 Å². The number of benzene rings is 6. The van der Waals surface area contributed by atoms with Gasteiger partial charge in [-0.1, -0.05) is 127 Å². The Hall–Kier alpha value is -6.99. The summed E-state index contributed by atoms with van der Waals surface area (Å²) in [4.78, 5) is 37.3. The van der Waals surface area contributed by atoms with Crippen LogP contribution in [0.15, 0.2) is 152 Å². The van der Waals surface area contributed by atoms with Gasteiger partial charge >= 0.3 is 6.09 Å². The smallest absolute Gasteiger partial charge is 0.407 e. The van der Waals surface area contributed by atoms with Gasteiger partial charge in [0.05, 0.1) is 23.6 Å². The molecule has 0 aromatic heterocycles. The van der Waals surface area contributed by atoms with E-state index in [1.54, 1.807) is 36.4 Å². The van der Waals surface area contributed by atoms with Gasteiger partial charge in [-0.25, -0.2) is 4.79 Å². The molecule has 0 saturated heterocycles. The number of nitrogens with zero attached hydrogens (tertiary/aromatic N) is 1. The predicted molar refractivity (Wildman–Crippen MR) is 257 cm³/mol. The molecule has 3 amide bonds. The minimum atomic E-state index is -0.953. The van der Waals surface area contributed by atoms with E-state index < -0.39 is 18.3 Å². The van der Waals surface area contributed by atoms with Crippen LogP contribution >= 0.6 is 0 Å². The van der Waals surface area contributed by atoms with Gasteiger partial charge in [0.15, 0.2) is 0 Å². The second-order valence-corrected chi connectivity index (χ2v) is 16.1. The predicted octanol–water partition coefficient (Wildman–Crippen LogP) is 9.32. The zero-order valence-electron chi connectivity index (χ0n) is 37.2. The molecule has 0 bridgehead atoms. The van der Waals surface area contributed by atoms with E-state index in [1.807, 2.05) is 95.9 Å². The lowest BCUT2D eigenvalue weighted by atomic mass is 10.0. The molecule has 6 aromatic carbocycles. The van der Waals surface area contributed by atoms with Gasteiger partial charge in [-0.2, -0.15) is 0 Å². The number of carbonyl (C=O) groups is 3. The molecule has 12 heteroatoms. The van der Waals surface area contributed by atoms with E-state index in [-0.39, 0.29) is 19.7 Å². The molecule has 0 saturated carbocycles. The van der Waals surface area contributed by atoms with Crippen LogP contribution in [0.25, 0.3) is 0 Å². The molecular weight excluding hydrogens is 833 g/mol. The molecule has 66 heavy (non-hydrogen) atoms. The van der Waals surface area contributed by atoms with Gasteiger partial charge in [0.25, 0.3) is 0 Å². The van der Waals surface area contributed by atoms with Crippen LogP contribution in [0.1, 0.15) is 76.8 Å². The number of hydrogen-bond acceptors (Lipinski definition) is 9. The van der Waals surface area contributed by atoms with Crippen molar-refractivity contribution in [3.63, 3.8) is 0 Å². The van der Waals surface area contributed by atoms with Crippen molar-refractivity contribution in [2.24, 2.45) is 0 Å². The molecule has 2 atom stereocenters. The van der Waals surface area contributed by atoms with Gasteiger partial charge in [-0.05, 0) is 108 Å². The second kappa shape index (κ2) is 26.7. The average Bonchev–Trinajstić information content (AvgIpc) is 3.35. The van der Waals surface area contributed by atoms with Crippen molar-refractivity contribution in [1.82, 2.24) is 10.2 Å². The summed E-state index contributed by atoms with van der Waals surface area (Å²) < 4.78 is 17.3. The molecule has 2 unspecified atom stereocenters. The van der Waals surface area contributed by atoms with Crippen LogP contribution in [0.5, 0.6) is 11.5 Å². The van der Waals surface area contributed by atoms with Crippen LogP contribution in [0.3, 0.4) is 0 Å². The fourth-order valence-electron chi connectivity index (χ4n) is 7.50. The van der Waals surface area contributed by atoms with E-state index in [9.17, 15) is 24.6 Å². The largest absolute Gasteiger partial charge is 0.487 e. The number of alkyl carbamates (subject to hydrolysis) is 1. The number of aliphatic hydroxyl groups is 2. The molecule has 344 valence electrons. The molecule has 0 aliphatic heterocycles. The Morgan fingerprint density at radius 2 is 0.970 bits per heavy atom. The number of aliphatic hydroxyl groups excluding tert-OH is 2. The zero-order chi connectivity index (χ0) is 46.2. The number of nitrogens with one attached hydrogen (secondary N) is 3. The summed E-state index contributed by atoms with van der Waals surface area (Å²) in [6.07, 6.45) is 4.09. The maximum absolute atomic E-state index is 12.0. The van der Waals surface area contributed by atoms with Crippen LogP contribution in [-0.4, -0.2) is 60.2 Å². The first-order chi connectivity index (χ1) is 32.4. The maximum atomic E-state index is 12.0. The lowest BCUT2D eigenvalue weighted by Crippen LogP contribution is -2.33. The van der Waals surface area contributed by atoms with Gasteiger partial charge in [0, 0.05) is 19.6 Å². The fourth-order valence-corrected chi connectivity index (χ4v) is 7.50. The van der Waals surface area contributed by atoms with Crippen molar-refractivity contribution in [1.29, 1.82) is 0 Å². The third-order valence-electron chi connectivity index (χ3n) is 11.1. The Morgan fingerprint density at radius 1 is 0.530 bits per heavy atom. The normalized spacial score (nSPS) is 11.9. The second-order valence-electron chi connectivity index (χ2n) is 16.1. The molecule has 6 rings (SSSR count). The number of amides is 3. The minimum absolute atomic E-state index is 0.207. The summed E-state index contributed by atoms with van der Waals surface area (Å²) in [7, 11) is 0. The maximum Gasteiger partial charge on any atom is 0.407 e. The van der Waals surface area contributed by atoms with E-state index in [0.29, 0.717) is 73.1 Å². The summed E-state index contributed by atoms with van der Waals surface area (Å²) in [5.41, 5.74) is 7.42. The number of ether oxygens (including phenoxy) is 3. The highest BCUT2D eigenvalue weighted by Gasteiger charge is 2.21. The SMILES string of the molecule is O=CNc1cc(C(O)CN(CCCCc2ccc(CCCCNC(=O)OCc3ccccc3)cc2)CC(O)c2ccc(OCc3ccccc3)c(NC=O)c2)ccc1OCc1ccccc1. The first kappa shape index (κ1) is 48.5. The third kappa shape index (κ3) is 16.2. The van der Waals surface area contributed by atoms with Crippen LogP contribution in [0.4, 0.5) is 16.2 Å². The highest BCUT2D eigenvalue weighted by atomic mass is 16.5. The Bertz CT molecular complexity index is 2260. The molecule has 0 radical (unpaired) electrons. The zero-order valence-corrected chi connectivity index (χ0v) is 37.2. The summed E-state index contributed by atoms with van der Waals surface area (Å²) in [6, 6.07) is 48.1. The first-order valence-electron chi connectivity index (χ1n) is 22.5. The lowest BCUT2D eigenvalue weighted by Gasteiger charge is -2.28. The molecule has 12 nitrogen and oxygen atoms in total. The van der Waals surface area contributed by atoms with Crippen molar-refractivity contribution >= 4 is 30.3 Å². The van der Waals surface area contributed by atoms with Crippen molar-refractivity contribution in [3.8, 4) is 11.5 Å². The van der Waals surface area contributed by atoms with E-state index >= 15 is 0 Å². The van der Waals surface area contributed by atoms with Crippen LogP contribution in [-0.2, 0) is 47.0 Å². The van der Waals surface area contributed by atoms with Gasteiger partial charge in [0.2, 0.25) is 12.8 Å². The van der Waals surface area contributed by atoms with E-state index in [1.165, 1.54) is 11.1 Å². The van der Waals surface area contributed by atoms with E-state index in [2.05, 4.69) is 40.2 Å². The van der Waals surface area contributed by atoms with Gasteiger partial charge in [-0.15, -0.1) is 0 Å². The van der Waals surface area contributed by atoms with Crippen molar-refractivity contribution in [2.45, 2.75) is 70.6 Å². The number of rotatable bonds is 28. The number of anilines is 2. The number of carbonyl (C=O) groups excluding carboxylic acids is 3. The van der Waals surface area contributed by atoms with Crippen molar-refractivity contribution < 1.29 is 38.8 Å². The molecule has 0 fully saturated rings. The number of aryl methyl sites for hydroxylation is 2. The fraction of sp³-hybridized carbons (Fsp3) is 0.278. The molecular formula is C54H60N4O8. The average molecular weight is 893 g/mol. The molecule has 0 aliphatic rings. The lowest BCUT2D eigenvalue weighted by molar-refractivity contribution is -0.106. The Kier molecular flexibility index (Phi) is 19.6. The molecule has 0 spiro atoms. The molecule has 0 heterocycles. The molecule has 6 aromatic rings. The van der Waals surface area contributed by atoms with Crippen LogP contribution in [0, 0.1) is 0 Å². The molecule has 5 N–H and O–H groups in total. The third-order valence-corrected chi connectivity index (χ3v) is 11.1. The number of hydrogen-bond donors (Lipinski definition) is 5. The summed E-state index contributed by atoms with van der Waals surface area (Å²) in [5.74, 6) is 0.953. The topological polar surface area (TPSA) is 159 Å².